The minimum absolute atomic E-state index is 0.525. The van der Waals surface area contributed by atoms with Crippen molar-refractivity contribution in [3.8, 4) is 0 Å². The Kier molecular flexibility index (Phi) is 2.48. The van der Waals surface area contributed by atoms with E-state index in [1.54, 1.807) is 0 Å². The summed E-state index contributed by atoms with van der Waals surface area (Å²) in [6.45, 7) is 1.84. The van der Waals surface area contributed by atoms with Gasteiger partial charge in [0.1, 0.15) is 0 Å². The van der Waals surface area contributed by atoms with Gasteiger partial charge < -0.3 is 4.57 Å². The lowest BCUT2D eigenvalue weighted by Crippen LogP contribution is -2.12. The summed E-state index contributed by atoms with van der Waals surface area (Å²) in [5.74, 6) is 0. The molecule has 2 N–H and O–H groups in total. The second-order valence-electron chi connectivity index (χ2n) is 2.45. The van der Waals surface area contributed by atoms with Crippen molar-refractivity contribution >= 4 is 12.6 Å². The fourth-order valence-corrected chi connectivity index (χ4v) is 1.90. The minimum atomic E-state index is -2.53. The molecule has 2 nitrogen and oxygen atoms in total. The molecule has 0 aliphatic carbocycles. The second-order valence-corrected chi connectivity index (χ2v) is 5.19. The number of rotatable bonds is 2. The Morgan fingerprint density at radius 3 is 2.36 bits per heavy atom. The lowest BCUT2D eigenvalue weighted by Gasteiger charge is -2.08. The molecule has 3 heteroatoms. The molecule has 1 rings (SSSR count). The van der Waals surface area contributed by atoms with Crippen LogP contribution in [0, 0.1) is 0 Å². The maximum atomic E-state index is 11.6. The summed E-state index contributed by atoms with van der Waals surface area (Å²) in [5, 5.41) is 0.766. The van der Waals surface area contributed by atoms with Gasteiger partial charge in [-0.05, 0) is 0 Å². The van der Waals surface area contributed by atoms with Crippen LogP contribution in [0.5, 0.6) is 0 Å². The lowest BCUT2D eigenvalue weighted by atomic mass is 10.4. The van der Waals surface area contributed by atoms with E-state index in [2.05, 4.69) is 0 Å². The van der Waals surface area contributed by atoms with Crippen LogP contribution in [0.25, 0.3) is 0 Å². The molecule has 0 amide bonds. The normalized spacial score (nSPS) is 15.8. The second kappa shape index (κ2) is 3.21. The molecule has 0 unspecified atom stereocenters. The Labute approximate surface area is 66.8 Å². The van der Waals surface area contributed by atoms with Crippen molar-refractivity contribution in [3.63, 3.8) is 0 Å². The van der Waals surface area contributed by atoms with Crippen molar-refractivity contribution in [1.82, 2.24) is 0 Å². The van der Waals surface area contributed by atoms with Crippen LogP contribution in [0.3, 0.4) is 0 Å². The fourth-order valence-electron chi connectivity index (χ4n) is 0.863. The third kappa shape index (κ3) is 1.92. The molecular formula is C8H12NOP. The largest absolute Gasteiger partial charge is 0.302 e. The Hall–Kier alpha value is -0.590. The minimum Gasteiger partial charge on any atom is -0.302 e. The Bertz CT molecular complexity index is 271. The van der Waals surface area contributed by atoms with Gasteiger partial charge >= 0.3 is 0 Å². The van der Waals surface area contributed by atoms with E-state index in [9.17, 15) is 4.57 Å². The van der Waals surface area contributed by atoms with Gasteiger partial charge in [-0.25, -0.2) is 0 Å². The fraction of sp³-hybridized carbons (Fsp3) is 0.250. The summed E-state index contributed by atoms with van der Waals surface area (Å²) < 4.78 is 11.6. The monoisotopic (exact) mass is 169 g/mol. The van der Waals surface area contributed by atoms with Crippen LogP contribution in [0.4, 0.5) is 0 Å². The van der Waals surface area contributed by atoms with E-state index in [1.807, 2.05) is 37.3 Å². The standard InChI is InChI=1S/C8H12NOP/c1-2-11(9,10)8-6-4-3-5-7-8/h3-7H,2H2,1H3,(H2,9,10)/t11-/m0/s1. The Morgan fingerprint density at radius 2 is 1.91 bits per heavy atom. The molecular weight excluding hydrogens is 157 g/mol. The van der Waals surface area contributed by atoms with E-state index >= 15 is 0 Å². The van der Waals surface area contributed by atoms with Crippen molar-refractivity contribution in [3.05, 3.63) is 30.3 Å². The first-order valence-corrected chi connectivity index (χ1v) is 5.56. The average molecular weight is 169 g/mol. The Balaban J connectivity index is 3.03. The van der Waals surface area contributed by atoms with Gasteiger partial charge in [-0.3, -0.25) is 5.50 Å². The van der Waals surface area contributed by atoms with Crippen molar-refractivity contribution in [2.45, 2.75) is 6.92 Å². The van der Waals surface area contributed by atoms with Crippen LogP contribution in [0.2, 0.25) is 0 Å². The molecule has 1 aromatic carbocycles. The smallest absolute Gasteiger partial charge is 0.173 e. The molecule has 11 heavy (non-hydrogen) atoms. The molecule has 0 radical (unpaired) electrons. The van der Waals surface area contributed by atoms with Crippen LogP contribution >= 0.6 is 7.29 Å². The van der Waals surface area contributed by atoms with Crippen LogP contribution in [0.1, 0.15) is 6.92 Å². The number of nitrogens with two attached hydrogens (primary N) is 1. The molecule has 0 heterocycles. The molecule has 0 aromatic heterocycles. The summed E-state index contributed by atoms with van der Waals surface area (Å²) in [6, 6.07) is 9.21. The molecule has 0 saturated carbocycles. The zero-order valence-electron chi connectivity index (χ0n) is 6.53. The highest BCUT2D eigenvalue weighted by Crippen LogP contribution is 2.33. The molecule has 0 saturated heterocycles. The van der Waals surface area contributed by atoms with Crippen LogP contribution < -0.4 is 10.8 Å². The topological polar surface area (TPSA) is 43.1 Å². The predicted octanol–water partition coefficient (Wildman–Crippen LogP) is 1.57. The average Bonchev–Trinajstić information content (AvgIpc) is 2.06. The predicted molar refractivity (Wildman–Crippen MR) is 48.4 cm³/mol. The molecule has 60 valence electrons. The van der Waals surface area contributed by atoms with E-state index in [-0.39, 0.29) is 0 Å². The summed E-state index contributed by atoms with van der Waals surface area (Å²) in [4.78, 5) is 0. The number of hydrogen-bond donors (Lipinski definition) is 1. The maximum absolute atomic E-state index is 11.6. The van der Waals surface area contributed by atoms with Gasteiger partial charge in [0.2, 0.25) is 0 Å². The van der Waals surface area contributed by atoms with Gasteiger partial charge in [-0.1, -0.05) is 37.3 Å². The van der Waals surface area contributed by atoms with Crippen molar-refractivity contribution in [1.29, 1.82) is 0 Å². The van der Waals surface area contributed by atoms with Crippen molar-refractivity contribution in [2.75, 3.05) is 6.16 Å². The van der Waals surface area contributed by atoms with Crippen LogP contribution in [-0.2, 0) is 4.57 Å². The lowest BCUT2D eigenvalue weighted by molar-refractivity contribution is 0.583. The summed E-state index contributed by atoms with van der Waals surface area (Å²) in [6.07, 6.45) is 0.525. The molecule has 0 fully saturated rings. The number of benzene rings is 1. The molecule has 1 aromatic rings. The van der Waals surface area contributed by atoms with Gasteiger partial charge in [-0.2, -0.15) is 0 Å². The summed E-state index contributed by atoms with van der Waals surface area (Å²) in [7, 11) is -2.53. The first-order chi connectivity index (χ1) is 5.17. The molecule has 0 bridgehead atoms. The van der Waals surface area contributed by atoms with Crippen molar-refractivity contribution in [2.24, 2.45) is 5.50 Å². The highest BCUT2D eigenvalue weighted by Gasteiger charge is 2.14. The van der Waals surface area contributed by atoms with E-state index in [0.717, 1.165) is 5.30 Å². The highest BCUT2D eigenvalue weighted by molar-refractivity contribution is 7.69. The van der Waals surface area contributed by atoms with E-state index in [1.165, 1.54) is 0 Å². The zero-order valence-corrected chi connectivity index (χ0v) is 7.42. The van der Waals surface area contributed by atoms with E-state index < -0.39 is 7.29 Å². The van der Waals surface area contributed by atoms with Gasteiger partial charge in [-0.15, -0.1) is 0 Å². The third-order valence-corrected chi connectivity index (χ3v) is 3.77. The van der Waals surface area contributed by atoms with E-state index in [4.69, 9.17) is 5.50 Å². The van der Waals surface area contributed by atoms with Gasteiger partial charge in [0.05, 0.1) is 0 Å². The first-order valence-electron chi connectivity index (χ1n) is 3.60. The van der Waals surface area contributed by atoms with Gasteiger partial charge in [0, 0.05) is 11.5 Å². The van der Waals surface area contributed by atoms with Crippen LogP contribution in [0.15, 0.2) is 30.3 Å². The van der Waals surface area contributed by atoms with Crippen molar-refractivity contribution < 1.29 is 4.57 Å². The Morgan fingerprint density at radius 1 is 1.36 bits per heavy atom. The number of hydrogen-bond acceptors (Lipinski definition) is 1. The molecule has 0 aliphatic heterocycles. The first kappa shape index (κ1) is 8.51. The molecule has 0 spiro atoms. The van der Waals surface area contributed by atoms with Gasteiger partial charge in [0.15, 0.2) is 7.29 Å². The summed E-state index contributed by atoms with van der Waals surface area (Å²) >= 11 is 0. The third-order valence-electron chi connectivity index (χ3n) is 1.66. The quantitative estimate of drug-likeness (QED) is 0.683. The van der Waals surface area contributed by atoms with E-state index in [0.29, 0.717) is 6.16 Å². The molecule has 1 atom stereocenters. The highest BCUT2D eigenvalue weighted by atomic mass is 31.2. The van der Waals surface area contributed by atoms with Crippen LogP contribution in [-0.4, -0.2) is 6.16 Å². The van der Waals surface area contributed by atoms with Gasteiger partial charge in [0.25, 0.3) is 0 Å². The zero-order chi connectivity index (χ0) is 8.32. The molecule has 0 aliphatic rings. The maximum Gasteiger partial charge on any atom is 0.173 e. The SMILES string of the molecule is CC[P@](N)(=O)c1ccccc1. The summed E-state index contributed by atoms with van der Waals surface area (Å²) in [5.41, 5.74) is 5.59.